The lowest BCUT2D eigenvalue weighted by molar-refractivity contribution is 0.0917. The van der Waals surface area contributed by atoms with Gasteiger partial charge in [-0.2, -0.15) is 5.10 Å². The Morgan fingerprint density at radius 1 is 1.03 bits per heavy atom. The van der Waals surface area contributed by atoms with Crippen LogP contribution in [0, 0.1) is 11.8 Å². The lowest BCUT2D eigenvalue weighted by Crippen LogP contribution is -2.19. The molecule has 0 aliphatic heterocycles. The van der Waals surface area contributed by atoms with Gasteiger partial charge >= 0.3 is 0 Å². The minimum absolute atomic E-state index is 0.194. The number of nitrogens with zero attached hydrogens (tertiary/aromatic N) is 2. The van der Waals surface area contributed by atoms with E-state index in [1.165, 1.54) is 0 Å². The van der Waals surface area contributed by atoms with Gasteiger partial charge in [-0.15, -0.1) is 0 Å². The summed E-state index contributed by atoms with van der Waals surface area (Å²) in [5.41, 5.74) is 1.83. The first-order chi connectivity index (χ1) is 16.5. The molecule has 0 spiro atoms. The minimum atomic E-state index is -0.305. The monoisotopic (exact) mass is 463 g/mol. The molecular formula is C26H29N3O5. The highest BCUT2D eigenvalue weighted by Crippen LogP contribution is 2.20. The van der Waals surface area contributed by atoms with Crippen LogP contribution in [0.15, 0.2) is 54.7 Å². The summed E-state index contributed by atoms with van der Waals surface area (Å²) in [7, 11) is 5.03. The van der Waals surface area contributed by atoms with Crippen LogP contribution in [-0.2, 0) is 16.5 Å². The third-order valence-corrected chi connectivity index (χ3v) is 4.60. The summed E-state index contributed by atoms with van der Waals surface area (Å²) in [6.07, 6.45) is 1.56. The largest absolute Gasteiger partial charge is 0.491 e. The molecule has 8 heteroatoms. The fraction of sp³-hybridized carbons (Fsp3) is 0.308. The molecule has 0 fully saturated rings. The number of amides is 1. The second kappa shape index (κ2) is 12.4. The lowest BCUT2D eigenvalue weighted by atomic mass is 10.1. The molecule has 0 saturated heterocycles. The Hall–Kier alpha value is -3.80. The van der Waals surface area contributed by atoms with Gasteiger partial charge in [0.25, 0.3) is 5.91 Å². The second-order valence-electron chi connectivity index (χ2n) is 7.58. The molecule has 178 valence electrons. The fourth-order valence-electron chi connectivity index (χ4n) is 3.09. The number of hydrogen-bond acceptors (Lipinski definition) is 6. The Balaban J connectivity index is 1.85. The Morgan fingerprint density at radius 3 is 2.56 bits per heavy atom. The van der Waals surface area contributed by atoms with E-state index in [0.717, 1.165) is 5.56 Å². The van der Waals surface area contributed by atoms with E-state index >= 15 is 0 Å². The molecule has 2 aromatic carbocycles. The van der Waals surface area contributed by atoms with Crippen molar-refractivity contribution < 1.29 is 23.7 Å². The van der Waals surface area contributed by atoms with Crippen LogP contribution >= 0.6 is 0 Å². The van der Waals surface area contributed by atoms with Crippen LogP contribution in [0.5, 0.6) is 11.5 Å². The number of carbonyl (C=O) groups is 1. The minimum Gasteiger partial charge on any atom is -0.491 e. The van der Waals surface area contributed by atoms with Crippen molar-refractivity contribution in [2.75, 3.05) is 39.4 Å². The molecule has 3 aromatic rings. The molecule has 3 rings (SSSR count). The molecule has 1 aromatic heterocycles. The van der Waals surface area contributed by atoms with Gasteiger partial charge in [0.05, 0.1) is 13.2 Å². The molecule has 0 aliphatic rings. The molecular weight excluding hydrogens is 434 g/mol. The molecule has 8 nitrogen and oxygen atoms in total. The summed E-state index contributed by atoms with van der Waals surface area (Å²) in [5, 5.41) is 6.99. The van der Waals surface area contributed by atoms with E-state index in [0.29, 0.717) is 48.3 Å². The van der Waals surface area contributed by atoms with Crippen molar-refractivity contribution in [3.8, 4) is 23.3 Å². The van der Waals surface area contributed by atoms with Crippen LogP contribution in [0.2, 0.25) is 0 Å². The number of ether oxygens (including phenoxy) is 4. The van der Waals surface area contributed by atoms with Crippen LogP contribution in [0.25, 0.3) is 0 Å². The van der Waals surface area contributed by atoms with Crippen LogP contribution in [0.4, 0.5) is 5.82 Å². The maximum atomic E-state index is 12.9. The zero-order chi connectivity index (χ0) is 24.3. The van der Waals surface area contributed by atoms with Crippen LogP contribution in [0.1, 0.15) is 28.4 Å². The van der Waals surface area contributed by atoms with E-state index in [2.05, 4.69) is 22.3 Å². The molecule has 1 heterocycles. The average Bonchev–Trinajstić information content (AvgIpc) is 3.22. The van der Waals surface area contributed by atoms with Crippen molar-refractivity contribution in [1.29, 1.82) is 0 Å². The smallest absolute Gasteiger partial charge is 0.257 e. The highest BCUT2D eigenvalue weighted by Gasteiger charge is 2.12. The van der Waals surface area contributed by atoms with Crippen molar-refractivity contribution in [3.63, 3.8) is 0 Å². The third kappa shape index (κ3) is 7.66. The second-order valence-corrected chi connectivity index (χ2v) is 7.58. The zero-order valence-corrected chi connectivity index (χ0v) is 19.8. The summed E-state index contributed by atoms with van der Waals surface area (Å²) in [4.78, 5) is 12.9. The molecule has 0 aliphatic carbocycles. The lowest BCUT2D eigenvalue weighted by Gasteiger charge is -2.15. The van der Waals surface area contributed by atoms with Crippen molar-refractivity contribution in [2.45, 2.75) is 13.0 Å². The predicted molar refractivity (Wildman–Crippen MR) is 129 cm³/mol. The number of rotatable bonds is 10. The summed E-state index contributed by atoms with van der Waals surface area (Å²) in [6, 6.07) is 14.4. The van der Waals surface area contributed by atoms with E-state index in [9.17, 15) is 4.79 Å². The van der Waals surface area contributed by atoms with E-state index < -0.39 is 0 Å². The number of benzene rings is 2. The quantitative estimate of drug-likeness (QED) is 0.366. The molecule has 1 N–H and O–H groups in total. The van der Waals surface area contributed by atoms with Gasteiger partial charge in [0.15, 0.2) is 5.82 Å². The molecule has 34 heavy (non-hydrogen) atoms. The van der Waals surface area contributed by atoms with Crippen molar-refractivity contribution in [3.05, 3.63) is 71.4 Å². The highest BCUT2D eigenvalue weighted by molar-refractivity contribution is 6.04. The molecule has 0 saturated carbocycles. The van der Waals surface area contributed by atoms with Crippen LogP contribution in [0.3, 0.4) is 0 Å². The number of hydrogen-bond donors (Lipinski definition) is 1. The summed E-state index contributed by atoms with van der Waals surface area (Å²) in [5.74, 6) is 7.65. The third-order valence-electron chi connectivity index (χ3n) is 4.60. The standard InChI is InChI=1S/C26H29N3O5/c1-19(18-32-4)34-24-16-21(9-8-20-6-5-7-23(15-20)33-13-12-31-3)14-22(17-24)26(30)27-25-10-11-29(2)28-25/h5-7,10-11,14-17,19H,12-13,18H2,1-4H3,(H,27,28,30)/t19-/m0/s1. The first-order valence-corrected chi connectivity index (χ1v) is 10.8. The average molecular weight is 464 g/mol. The van der Waals surface area contributed by atoms with E-state index in [4.69, 9.17) is 18.9 Å². The Bertz CT molecular complexity index is 1160. The number of methoxy groups -OCH3 is 2. The highest BCUT2D eigenvalue weighted by atomic mass is 16.5. The number of anilines is 1. The zero-order valence-electron chi connectivity index (χ0n) is 19.8. The fourth-order valence-corrected chi connectivity index (χ4v) is 3.09. The van der Waals surface area contributed by atoms with E-state index in [-0.39, 0.29) is 12.0 Å². The number of aryl methyl sites for hydroxylation is 1. The molecule has 1 amide bonds. The van der Waals surface area contributed by atoms with Gasteiger partial charge in [-0.3, -0.25) is 9.48 Å². The van der Waals surface area contributed by atoms with Gasteiger partial charge in [0.1, 0.15) is 24.2 Å². The first kappa shape index (κ1) is 24.8. The number of nitrogens with one attached hydrogen (secondary N) is 1. The molecule has 0 bridgehead atoms. The van der Waals surface area contributed by atoms with Crippen LogP contribution < -0.4 is 14.8 Å². The van der Waals surface area contributed by atoms with Gasteiger partial charge in [-0.05, 0) is 43.3 Å². The maximum absolute atomic E-state index is 12.9. The first-order valence-electron chi connectivity index (χ1n) is 10.8. The van der Waals surface area contributed by atoms with Crippen molar-refractivity contribution in [2.24, 2.45) is 7.05 Å². The van der Waals surface area contributed by atoms with Gasteiger partial charge in [-0.1, -0.05) is 17.9 Å². The SMILES string of the molecule is COCCOc1cccc(C#Cc2cc(O[C@@H](C)COC)cc(C(=O)Nc3ccn(C)n3)c2)c1. The molecule has 1 atom stereocenters. The van der Waals surface area contributed by atoms with Gasteiger partial charge in [0, 0.05) is 50.2 Å². The van der Waals surface area contributed by atoms with Gasteiger partial charge in [-0.25, -0.2) is 0 Å². The molecule has 0 unspecified atom stereocenters. The summed E-state index contributed by atoms with van der Waals surface area (Å²) < 4.78 is 23.4. The van der Waals surface area contributed by atoms with E-state index in [1.54, 1.807) is 56.4 Å². The van der Waals surface area contributed by atoms with Gasteiger partial charge in [0.2, 0.25) is 0 Å². The normalized spacial score (nSPS) is 11.3. The Morgan fingerprint density at radius 2 is 1.82 bits per heavy atom. The summed E-state index contributed by atoms with van der Waals surface area (Å²) in [6.45, 7) is 3.28. The topological polar surface area (TPSA) is 83.8 Å². The maximum Gasteiger partial charge on any atom is 0.257 e. The predicted octanol–water partition coefficient (Wildman–Crippen LogP) is 3.51. The van der Waals surface area contributed by atoms with Crippen molar-refractivity contribution >= 4 is 11.7 Å². The van der Waals surface area contributed by atoms with E-state index in [1.807, 2.05) is 31.2 Å². The molecule has 0 radical (unpaired) electrons. The van der Waals surface area contributed by atoms with Crippen LogP contribution in [-0.4, -0.2) is 55.8 Å². The summed E-state index contributed by atoms with van der Waals surface area (Å²) >= 11 is 0. The van der Waals surface area contributed by atoms with Crippen molar-refractivity contribution in [1.82, 2.24) is 9.78 Å². The number of aromatic nitrogens is 2. The number of carbonyl (C=O) groups excluding carboxylic acids is 1. The van der Waals surface area contributed by atoms with Gasteiger partial charge < -0.3 is 24.3 Å². The Kier molecular flexibility index (Phi) is 9.09. The Labute approximate surface area is 199 Å².